The number of amides is 1. The van der Waals surface area contributed by atoms with Crippen molar-refractivity contribution in [3.05, 3.63) is 114 Å². The molecule has 1 N–H and O–H groups in total. The molecule has 33 heavy (non-hydrogen) atoms. The molecule has 0 aliphatic carbocycles. The Morgan fingerprint density at radius 2 is 1.82 bits per heavy atom. The number of nitrogens with zero attached hydrogens (tertiary/aromatic N) is 4. The zero-order chi connectivity index (χ0) is 22.9. The Hall–Kier alpha value is -3.78. The van der Waals surface area contributed by atoms with Crippen LogP contribution in [0.2, 0.25) is 0 Å². The minimum atomic E-state index is -0.344. The summed E-state index contributed by atoms with van der Waals surface area (Å²) in [6.07, 6.45) is 6.49. The molecular weight excluding hydrogens is 437 g/mol. The zero-order valence-corrected chi connectivity index (χ0v) is 18.6. The summed E-state index contributed by atoms with van der Waals surface area (Å²) in [5, 5.41) is 12.3. The molecule has 2 heterocycles. The van der Waals surface area contributed by atoms with Gasteiger partial charge in [0.05, 0.1) is 13.1 Å². The van der Waals surface area contributed by atoms with Gasteiger partial charge in [-0.05, 0) is 47.0 Å². The second-order valence-electron chi connectivity index (χ2n) is 7.22. The summed E-state index contributed by atoms with van der Waals surface area (Å²) in [5.41, 5.74) is 2.87. The van der Waals surface area contributed by atoms with E-state index in [4.69, 9.17) is 0 Å². The second-order valence-corrected chi connectivity index (χ2v) is 8.16. The van der Waals surface area contributed by atoms with Crippen LogP contribution in [0.15, 0.2) is 90.4 Å². The molecule has 0 saturated heterocycles. The average molecular weight is 460 g/mol. The molecule has 4 rings (SSSR count). The number of aromatic nitrogens is 4. The third kappa shape index (κ3) is 6.60. The number of benzene rings is 2. The van der Waals surface area contributed by atoms with Crippen molar-refractivity contribution in [1.82, 2.24) is 25.1 Å². The molecule has 6 nitrogen and oxygen atoms in total. The van der Waals surface area contributed by atoms with Gasteiger partial charge in [-0.25, -0.2) is 4.39 Å². The lowest BCUT2D eigenvalue weighted by molar-refractivity contribution is -0.116. The molecule has 0 unspecified atom stereocenters. The molecule has 0 radical (unpaired) electrons. The van der Waals surface area contributed by atoms with Crippen molar-refractivity contribution in [2.45, 2.75) is 24.0 Å². The van der Waals surface area contributed by atoms with Crippen LogP contribution in [0, 0.1) is 5.82 Å². The molecule has 0 bridgehead atoms. The van der Waals surface area contributed by atoms with E-state index in [-0.39, 0.29) is 18.3 Å². The predicted molar refractivity (Wildman–Crippen MR) is 127 cm³/mol. The minimum absolute atomic E-state index is 0.224. The van der Waals surface area contributed by atoms with Crippen LogP contribution < -0.4 is 5.32 Å². The summed E-state index contributed by atoms with van der Waals surface area (Å²) in [6, 6.07) is 20.0. The molecule has 0 fully saturated rings. The van der Waals surface area contributed by atoms with Gasteiger partial charge in [0.25, 0.3) is 0 Å². The van der Waals surface area contributed by atoms with Crippen LogP contribution in [-0.4, -0.2) is 25.7 Å². The van der Waals surface area contributed by atoms with Crippen molar-refractivity contribution in [3.8, 4) is 0 Å². The number of carbonyl (C=O) groups is 1. The topological polar surface area (TPSA) is 72.7 Å². The summed E-state index contributed by atoms with van der Waals surface area (Å²) in [5.74, 6) is 0.754. The van der Waals surface area contributed by atoms with Crippen LogP contribution in [0.25, 0.3) is 6.08 Å². The maximum Gasteiger partial charge on any atom is 0.244 e. The number of nitrogens with one attached hydrogen (secondary N) is 1. The Morgan fingerprint density at radius 1 is 1.00 bits per heavy atom. The summed E-state index contributed by atoms with van der Waals surface area (Å²) >= 11 is 1.58. The Labute approximate surface area is 195 Å². The maximum absolute atomic E-state index is 13.3. The lowest BCUT2D eigenvalue weighted by Crippen LogP contribution is -2.23. The Balaban J connectivity index is 1.45. The first-order valence-electron chi connectivity index (χ1n) is 10.4. The molecule has 2 aromatic heterocycles. The van der Waals surface area contributed by atoms with Gasteiger partial charge in [-0.2, -0.15) is 0 Å². The predicted octanol–water partition coefficient (Wildman–Crippen LogP) is 4.48. The molecular formula is C25H22FN5OS. The van der Waals surface area contributed by atoms with Gasteiger partial charge in [0, 0.05) is 24.2 Å². The fraction of sp³-hybridized carbons (Fsp3) is 0.120. The third-order valence-corrected chi connectivity index (χ3v) is 5.83. The molecule has 0 saturated carbocycles. The molecule has 0 aliphatic heterocycles. The molecule has 0 spiro atoms. The molecule has 4 aromatic rings. The van der Waals surface area contributed by atoms with Gasteiger partial charge in [-0.1, -0.05) is 54.2 Å². The lowest BCUT2D eigenvalue weighted by atomic mass is 10.2. The summed E-state index contributed by atoms with van der Waals surface area (Å²) < 4.78 is 15.3. The van der Waals surface area contributed by atoms with Crippen LogP contribution in [0.3, 0.4) is 0 Å². The average Bonchev–Trinajstić information content (AvgIpc) is 3.22. The first kappa shape index (κ1) is 22.4. The van der Waals surface area contributed by atoms with Crippen LogP contribution in [0.1, 0.15) is 22.5 Å². The van der Waals surface area contributed by atoms with E-state index >= 15 is 0 Å². The van der Waals surface area contributed by atoms with Crippen LogP contribution in [-0.2, 0) is 23.6 Å². The molecule has 166 valence electrons. The molecule has 8 heteroatoms. The maximum atomic E-state index is 13.3. The van der Waals surface area contributed by atoms with E-state index in [1.807, 2.05) is 47.0 Å². The summed E-state index contributed by atoms with van der Waals surface area (Å²) in [4.78, 5) is 16.4. The third-order valence-electron chi connectivity index (χ3n) is 4.79. The number of halogens is 1. The standard InChI is InChI=1S/C25H22FN5OS/c26-22-8-4-7-19(15-22)9-10-24(32)28-16-23-29-30-25(33-18-21-11-13-27-14-12-21)31(23)17-20-5-2-1-3-6-20/h1-15H,16-18H2,(H,28,32)/b10-9+. The van der Waals surface area contributed by atoms with E-state index in [0.717, 1.165) is 22.0 Å². The number of pyridine rings is 1. The SMILES string of the molecule is O=C(/C=C/c1cccc(F)c1)NCc1nnc(SCc2ccncc2)n1Cc1ccccc1. The van der Waals surface area contributed by atoms with E-state index in [9.17, 15) is 9.18 Å². The van der Waals surface area contributed by atoms with Gasteiger partial charge in [-0.15, -0.1) is 10.2 Å². The van der Waals surface area contributed by atoms with Crippen molar-refractivity contribution in [3.63, 3.8) is 0 Å². The second kappa shape index (κ2) is 11.2. The number of carbonyl (C=O) groups excluding carboxylic acids is 1. The van der Waals surface area contributed by atoms with Gasteiger partial charge in [0.1, 0.15) is 5.82 Å². The van der Waals surface area contributed by atoms with Crippen molar-refractivity contribution in [1.29, 1.82) is 0 Å². The number of rotatable bonds is 9. The quantitative estimate of drug-likeness (QED) is 0.295. The highest BCUT2D eigenvalue weighted by Crippen LogP contribution is 2.23. The van der Waals surface area contributed by atoms with Crippen LogP contribution >= 0.6 is 11.8 Å². The largest absolute Gasteiger partial charge is 0.345 e. The van der Waals surface area contributed by atoms with Gasteiger partial charge in [0.15, 0.2) is 11.0 Å². The van der Waals surface area contributed by atoms with Crippen molar-refractivity contribution >= 4 is 23.7 Å². The van der Waals surface area contributed by atoms with Gasteiger partial charge >= 0.3 is 0 Å². The zero-order valence-electron chi connectivity index (χ0n) is 17.8. The Morgan fingerprint density at radius 3 is 2.61 bits per heavy atom. The fourth-order valence-electron chi connectivity index (χ4n) is 3.12. The van der Waals surface area contributed by atoms with Crippen molar-refractivity contribution in [2.24, 2.45) is 0 Å². The van der Waals surface area contributed by atoms with Gasteiger partial charge in [-0.3, -0.25) is 9.78 Å². The highest BCUT2D eigenvalue weighted by atomic mass is 32.2. The van der Waals surface area contributed by atoms with Crippen LogP contribution in [0.5, 0.6) is 0 Å². The van der Waals surface area contributed by atoms with Gasteiger partial charge in [0.2, 0.25) is 5.91 Å². The molecule has 1 amide bonds. The smallest absolute Gasteiger partial charge is 0.244 e. The number of hydrogen-bond acceptors (Lipinski definition) is 5. The fourth-order valence-corrected chi connectivity index (χ4v) is 4.03. The number of hydrogen-bond donors (Lipinski definition) is 1. The van der Waals surface area contributed by atoms with E-state index < -0.39 is 0 Å². The van der Waals surface area contributed by atoms with Crippen LogP contribution in [0.4, 0.5) is 4.39 Å². The van der Waals surface area contributed by atoms with Crippen molar-refractivity contribution in [2.75, 3.05) is 0 Å². The van der Waals surface area contributed by atoms with E-state index in [1.165, 1.54) is 18.2 Å². The number of thioether (sulfide) groups is 1. The Kier molecular flexibility index (Phi) is 7.60. The summed E-state index contributed by atoms with van der Waals surface area (Å²) in [6.45, 7) is 0.818. The summed E-state index contributed by atoms with van der Waals surface area (Å²) in [7, 11) is 0. The Bertz CT molecular complexity index is 1230. The van der Waals surface area contributed by atoms with E-state index in [1.54, 1.807) is 42.4 Å². The first-order chi connectivity index (χ1) is 16.2. The highest BCUT2D eigenvalue weighted by molar-refractivity contribution is 7.98. The molecule has 0 aliphatic rings. The van der Waals surface area contributed by atoms with E-state index in [2.05, 4.69) is 20.5 Å². The van der Waals surface area contributed by atoms with E-state index in [0.29, 0.717) is 17.9 Å². The highest BCUT2D eigenvalue weighted by Gasteiger charge is 2.14. The molecule has 0 atom stereocenters. The van der Waals surface area contributed by atoms with Gasteiger partial charge < -0.3 is 9.88 Å². The molecule has 2 aromatic carbocycles. The first-order valence-corrected chi connectivity index (χ1v) is 11.3. The monoisotopic (exact) mass is 459 g/mol. The minimum Gasteiger partial charge on any atom is -0.345 e. The normalized spacial score (nSPS) is 11.1. The lowest BCUT2D eigenvalue weighted by Gasteiger charge is -2.11. The van der Waals surface area contributed by atoms with Crippen molar-refractivity contribution < 1.29 is 9.18 Å².